The average molecular weight is 801 g/mol. The molecule has 3 saturated heterocycles. The molecule has 5 aromatic rings. The van der Waals surface area contributed by atoms with Gasteiger partial charge >= 0.3 is 0 Å². The minimum absolute atomic E-state index is 0.0200. The van der Waals surface area contributed by atoms with Crippen LogP contribution in [-0.4, -0.2) is 129 Å². The molecule has 1 N–H and O–H groups in total. The minimum atomic E-state index is -0.606. The summed E-state index contributed by atoms with van der Waals surface area (Å²) in [6.07, 6.45) is 8.05. The highest BCUT2D eigenvalue weighted by Gasteiger charge is 2.31. The van der Waals surface area contributed by atoms with Crippen molar-refractivity contribution in [1.82, 2.24) is 39.8 Å². The zero-order valence-corrected chi connectivity index (χ0v) is 33.3. The van der Waals surface area contributed by atoms with Crippen LogP contribution in [0.3, 0.4) is 0 Å². The molecule has 14 heteroatoms. The Bertz CT molecular complexity index is 2360. The number of carbonyl (C=O) groups excluding carboxylic acids is 3. The molecule has 59 heavy (non-hydrogen) atoms. The molecule has 8 rings (SSSR count). The third kappa shape index (κ3) is 9.23. The number of fused-ring (bicyclic) bond motifs is 1. The van der Waals surface area contributed by atoms with E-state index in [4.69, 9.17) is 4.74 Å². The molecule has 3 aliphatic heterocycles. The van der Waals surface area contributed by atoms with Gasteiger partial charge in [0.25, 0.3) is 17.4 Å². The van der Waals surface area contributed by atoms with Crippen LogP contribution in [0.15, 0.2) is 83.9 Å². The predicted octanol–water partition coefficient (Wildman–Crippen LogP) is 4.74. The van der Waals surface area contributed by atoms with Crippen LogP contribution in [0.5, 0.6) is 0 Å². The number of likely N-dealkylation sites (tertiary alicyclic amines) is 2. The number of nitrogens with one attached hydrogen (secondary N) is 1. The number of hydrogen-bond donors (Lipinski definition) is 1. The second-order valence-corrected chi connectivity index (χ2v) is 15.7. The fourth-order valence-corrected chi connectivity index (χ4v) is 8.34. The first-order valence-electron chi connectivity index (χ1n) is 20.6. The molecule has 0 aliphatic carbocycles. The van der Waals surface area contributed by atoms with Gasteiger partial charge in [0.15, 0.2) is 0 Å². The van der Waals surface area contributed by atoms with Crippen molar-refractivity contribution in [2.75, 3.05) is 58.9 Å². The van der Waals surface area contributed by atoms with E-state index in [1.165, 1.54) is 11.6 Å². The van der Waals surface area contributed by atoms with Gasteiger partial charge in [0.05, 0.1) is 35.4 Å². The Morgan fingerprint density at radius 3 is 2.10 bits per heavy atom. The molecular weight excluding hydrogens is 752 g/mol. The van der Waals surface area contributed by atoms with Crippen molar-refractivity contribution in [2.24, 2.45) is 0 Å². The molecule has 0 spiro atoms. The zero-order chi connectivity index (χ0) is 40.9. The van der Waals surface area contributed by atoms with Crippen LogP contribution in [0, 0.1) is 5.82 Å². The lowest BCUT2D eigenvalue weighted by Gasteiger charge is -2.38. The number of ether oxygens (including phenoxy) is 1. The third-order valence-electron chi connectivity index (χ3n) is 11.8. The lowest BCUT2D eigenvalue weighted by atomic mass is 10.0. The van der Waals surface area contributed by atoms with Gasteiger partial charge in [-0.3, -0.25) is 24.1 Å². The summed E-state index contributed by atoms with van der Waals surface area (Å²) >= 11 is 0. The van der Waals surface area contributed by atoms with Gasteiger partial charge in [-0.05, 0) is 67.0 Å². The van der Waals surface area contributed by atoms with Gasteiger partial charge in [-0.2, -0.15) is 5.10 Å². The molecule has 3 aromatic carbocycles. The third-order valence-corrected chi connectivity index (χ3v) is 11.8. The van der Waals surface area contributed by atoms with Gasteiger partial charge in [0, 0.05) is 82.1 Å². The van der Waals surface area contributed by atoms with E-state index < -0.39 is 11.7 Å². The maximum absolute atomic E-state index is 15.0. The molecule has 306 valence electrons. The molecule has 0 bridgehead atoms. The molecule has 0 unspecified atom stereocenters. The number of aryl methyl sites for hydroxylation is 1. The summed E-state index contributed by atoms with van der Waals surface area (Å²) in [6, 6.07) is 19.9. The molecule has 13 nitrogen and oxygen atoms in total. The van der Waals surface area contributed by atoms with Crippen LogP contribution in [0.1, 0.15) is 70.4 Å². The van der Waals surface area contributed by atoms with E-state index in [1.54, 1.807) is 46.5 Å². The number of benzene rings is 3. The Morgan fingerprint density at radius 1 is 0.729 bits per heavy atom. The number of halogens is 1. The molecule has 3 amide bonds. The van der Waals surface area contributed by atoms with Crippen molar-refractivity contribution in [3.05, 3.63) is 124 Å². The van der Waals surface area contributed by atoms with Crippen molar-refractivity contribution >= 4 is 28.5 Å². The molecule has 2 aromatic heterocycles. The quantitative estimate of drug-likeness (QED) is 0.212. The fraction of sp³-hybridized carbons (Fsp3) is 0.400. The molecule has 5 heterocycles. The Labute approximate surface area is 342 Å². The monoisotopic (exact) mass is 800 g/mol. The topological polar surface area (TPSA) is 145 Å². The standard InChI is InChI=1S/C45H49FN8O5/c1-2-30-6-5-7-32(24-30)33-27-47-42(48-28-33)45(58)53-18-14-35(15-19-53)59-34-12-16-51(17-13-34)29-41(55)52-20-22-54(23-21-52)44(57)38-25-31(10-11-39(38)46)26-40-36-8-3-4-9-37(36)43(56)50-49-40/h3-11,24-25,27-28,34-35H,2,12-23,26,29H2,1H3,(H,50,56). The summed E-state index contributed by atoms with van der Waals surface area (Å²) in [5.74, 6) is -0.947. The number of aromatic nitrogens is 4. The lowest BCUT2D eigenvalue weighted by Crippen LogP contribution is -2.53. The summed E-state index contributed by atoms with van der Waals surface area (Å²) < 4.78 is 21.5. The zero-order valence-electron chi connectivity index (χ0n) is 33.3. The fourth-order valence-electron chi connectivity index (χ4n) is 8.34. The van der Waals surface area contributed by atoms with Crippen LogP contribution < -0.4 is 5.56 Å². The maximum Gasteiger partial charge on any atom is 0.291 e. The highest BCUT2D eigenvalue weighted by molar-refractivity contribution is 5.95. The Balaban J connectivity index is 0.751. The molecule has 3 aliphatic rings. The summed E-state index contributed by atoms with van der Waals surface area (Å²) in [4.78, 5) is 68.4. The van der Waals surface area contributed by atoms with Crippen molar-refractivity contribution in [2.45, 2.75) is 57.7 Å². The summed E-state index contributed by atoms with van der Waals surface area (Å²) in [5.41, 5.74) is 4.18. The van der Waals surface area contributed by atoms with E-state index >= 15 is 4.39 Å². The first-order chi connectivity index (χ1) is 28.7. The number of carbonyl (C=O) groups is 3. The van der Waals surface area contributed by atoms with Gasteiger partial charge in [-0.25, -0.2) is 19.5 Å². The van der Waals surface area contributed by atoms with E-state index in [9.17, 15) is 19.2 Å². The maximum atomic E-state index is 15.0. The molecule has 3 fully saturated rings. The van der Waals surface area contributed by atoms with Gasteiger partial charge in [0.1, 0.15) is 5.82 Å². The lowest BCUT2D eigenvalue weighted by molar-refractivity contribution is -0.135. The summed E-state index contributed by atoms with van der Waals surface area (Å²) in [6.45, 7) is 6.50. The highest BCUT2D eigenvalue weighted by atomic mass is 19.1. The molecule has 0 saturated carbocycles. The number of H-pyrrole nitrogens is 1. The minimum Gasteiger partial charge on any atom is -0.375 e. The Kier molecular flexibility index (Phi) is 12.2. The molecule has 0 atom stereocenters. The number of piperazine rings is 1. The number of aromatic amines is 1. The SMILES string of the molecule is CCc1cccc(-c2cnc(C(=O)N3CCC(OC4CCN(CC(=O)N5CCN(C(=O)c6cc(Cc7n[nH]c(=O)c8ccccc78)ccc6F)CC5)CC4)CC3)nc2)c1. The number of amides is 3. The smallest absolute Gasteiger partial charge is 0.291 e. The van der Waals surface area contributed by atoms with Crippen LogP contribution in [0.4, 0.5) is 4.39 Å². The van der Waals surface area contributed by atoms with Gasteiger partial charge in [0.2, 0.25) is 11.7 Å². The number of rotatable bonds is 10. The van der Waals surface area contributed by atoms with E-state index in [2.05, 4.69) is 44.1 Å². The largest absolute Gasteiger partial charge is 0.375 e. The van der Waals surface area contributed by atoms with Crippen molar-refractivity contribution < 1.29 is 23.5 Å². The first-order valence-corrected chi connectivity index (χ1v) is 20.6. The van der Waals surface area contributed by atoms with Crippen molar-refractivity contribution in [3.8, 4) is 11.1 Å². The number of nitrogens with zero attached hydrogens (tertiary/aromatic N) is 7. The molecule has 0 radical (unpaired) electrons. The van der Waals surface area contributed by atoms with Crippen molar-refractivity contribution in [3.63, 3.8) is 0 Å². The van der Waals surface area contributed by atoms with Crippen LogP contribution >= 0.6 is 0 Å². The van der Waals surface area contributed by atoms with Crippen LogP contribution in [0.25, 0.3) is 21.9 Å². The van der Waals surface area contributed by atoms with Crippen molar-refractivity contribution in [1.29, 1.82) is 0 Å². The van der Waals surface area contributed by atoms with Gasteiger partial charge in [-0.15, -0.1) is 0 Å². The first kappa shape index (κ1) is 39.9. The van der Waals surface area contributed by atoms with Gasteiger partial charge in [-0.1, -0.05) is 55.5 Å². The van der Waals surface area contributed by atoms with E-state index in [1.807, 2.05) is 29.2 Å². The number of hydrogen-bond acceptors (Lipinski definition) is 9. The number of piperidine rings is 2. The molecular formula is C45H49FN8O5. The Hall–Kier alpha value is -5.86. The van der Waals surface area contributed by atoms with Gasteiger partial charge < -0.3 is 19.4 Å². The second-order valence-electron chi connectivity index (χ2n) is 15.7. The second kappa shape index (κ2) is 18.0. The average Bonchev–Trinajstić information content (AvgIpc) is 3.28. The van der Waals surface area contributed by atoms with E-state index in [-0.39, 0.29) is 41.0 Å². The Morgan fingerprint density at radius 2 is 1.39 bits per heavy atom. The van der Waals surface area contributed by atoms with E-state index in [0.717, 1.165) is 56.3 Å². The van der Waals surface area contributed by atoms with Crippen LogP contribution in [-0.2, 0) is 22.4 Å². The normalized spacial score (nSPS) is 17.1. The predicted molar refractivity (Wildman–Crippen MR) is 220 cm³/mol. The van der Waals surface area contributed by atoms with Crippen LogP contribution in [0.2, 0.25) is 0 Å². The van der Waals surface area contributed by atoms with E-state index in [0.29, 0.717) is 74.3 Å². The summed E-state index contributed by atoms with van der Waals surface area (Å²) in [5, 5.41) is 7.97. The highest BCUT2D eigenvalue weighted by Crippen LogP contribution is 2.24. The summed E-state index contributed by atoms with van der Waals surface area (Å²) in [7, 11) is 0.